The Kier molecular flexibility index (Phi) is 3.57. The van der Waals surface area contributed by atoms with Gasteiger partial charge in [-0.2, -0.15) is 5.26 Å². The van der Waals surface area contributed by atoms with Crippen LogP contribution in [0.25, 0.3) is 0 Å². The molecule has 1 aromatic heterocycles. The van der Waals surface area contributed by atoms with Gasteiger partial charge in [0.1, 0.15) is 4.21 Å². The number of sulfonamides is 1. The largest absolute Gasteiger partial charge is 0.277 e. The van der Waals surface area contributed by atoms with Gasteiger partial charge >= 0.3 is 0 Å². The second-order valence-electron chi connectivity index (χ2n) is 3.34. The van der Waals surface area contributed by atoms with Gasteiger partial charge in [-0.05, 0) is 29.6 Å². The van der Waals surface area contributed by atoms with E-state index in [-0.39, 0.29) is 14.9 Å². The second kappa shape index (κ2) is 4.98. The van der Waals surface area contributed by atoms with Gasteiger partial charge in [0.05, 0.1) is 22.3 Å². The van der Waals surface area contributed by atoms with Gasteiger partial charge in [-0.1, -0.05) is 17.7 Å². The summed E-state index contributed by atoms with van der Waals surface area (Å²) >= 11 is 7.02. The van der Waals surface area contributed by atoms with Crippen molar-refractivity contribution in [3.8, 4) is 6.07 Å². The van der Waals surface area contributed by atoms with Crippen molar-refractivity contribution >= 4 is 38.6 Å². The van der Waals surface area contributed by atoms with Crippen LogP contribution in [0.2, 0.25) is 5.02 Å². The van der Waals surface area contributed by atoms with Crippen molar-refractivity contribution in [2.45, 2.75) is 4.21 Å². The molecule has 0 saturated heterocycles. The lowest BCUT2D eigenvalue weighted by Gasteiger charge is -2.08. The summed E-state index contributed by atoms with van der Waals surface area (Å²) in [5.41, 5.74) is 0.628. The van der Waals surface area contributed by atoms with Crippen molar-refractivity contribution in [2.75, 3.05) is 4.72 Å². The molecule has 1 heterocycles. The average molecular weight is 299 g/mol. The van der Waals surface area contributed by atoms with Gasteiger partial charge in [0, 0.05) is 0 Å². The summed E-state index contributed by atoms with van der Waals surface area (Å²) in [4.78, 5) is 0. The van der Waals surface area contributed by atoms with Gasteiger partial charge in [-0.15, -0.1) is 11.3 Å². The maximum Gasteiger partial charge on any atom is 0.271 e. The Balaban J connectivity index is 2.33. The molecular weight excluding hydrogens is 292 g/mol. The molecule has 2 aromatic rings. The molecule has 0 aliphatic rings. The summed E-state index contributed by atoms with van der Waals surface area (Å²) in [6.45, 7) is 0. The lowest BCUT2D eigenvalue weighted by molar-refractivity contribution is 0.603. The molecule has 92 valence electrons. The van der Waals surface area contributed by atoms with Crippen LogP contribution in [0.3, 0.4) is 0 Å². The van der Waals surface area contributed by atoms with E-state index in [1.807, 2.05) is 6.07 Å². The number of thiophene rings is 1. The van der Waals surface area contributed by atoms with Crippen molar-refractivity contribution in [2.24, 2.45) is 0 Å². The highest BCUT2D eigenvalue weighted by Gasteiger charge is 2.16. The maximum absolute atomic E-state index is 11.9. The first-order valence-electron chi connectivity index (χ1n) is 4.79. The lowest BCUT2D eigenvalue weighted by Crippen LogP contribution is -2.11. The smallest absolute Gasteiger partial charge is 0.271 e. The van der Waals surface area contributed by atoms with Crippen LogP contribution in [-0.4, -0.2) is 8.42 Å². The Morgan fingerprint density at radius 1 is 1.33 bits per heavy atom. The number of rotatable bonds is 3. The van der Waals surface area contributed by atoms with Crippen LogP contribution in [0.1, 0.15) is 5.56 Å². The van der Waals surface area contributed by atoms with Crippen LogP contribution in [0.5, 0.6) is 0 Å². The topological polar surface area (TPSA) is 70.0 Å². The number of hydrogen-bond acceptors (Lipinski definition) is 4. The van der Waals surface area contributed by atoms with Crippen LogP contribution in [0.4, 0.5) is 5.69 Å². The third kappa shape index (κ3) is 2.64. The van der Waals surface area contributed by atoms with Crippen LogP contribution in [0.15, 0.2) is 39.9 Å². The van der Waals surface area contributed by atoms with Gasteiger partial charge in [0.15, 0.2) is 0 Å². The number of halogens is 1. The average Bonchev–Trinajstić information content (AvgIpc) is 2.86. The third-order valence-electron chi connectivity index (χ3n) is 2.10. The Bertz CT molecular complexity index is 703. The Hall–Kier alpha value is -1.55. The molecular formula is C11H7ClN2O2S2. The summed E-state index contributed by atoms with van der Waals surface area (Å²) in [7, 11) is -3.61. The normalized spacial score (nSPS) is 10.9. The molecule has 0 bridgehead atoms. The number of benzene rings is 1. The molecule has 4 nitrogen and oxygen atoms in total. The van der Waals surface area contributed by atoms with Crippen LogP contribution < -0.4 is 4.72 Å². The Morgan fingerprint density at radius 3 is 2.67 bits per heavy atom. The minimum atomic E-state index is -3.61. The quantitative estimate of drug-likeness (QED) is 0.946. The van der Waals surface area contributed by atoms with E-state index in [1.165, 1.54) is 24.3 Å². The molecule has 0 spiro atoms. The van der Waals surface area contributed by atoms with Gasteiger partial charge in [0.25, 0.3) is 10.0 Å². The van der Waals surface area contributed by atoms with Crippen molar-refractivity contribution in [3.05, 3.63) is 46.3 Å². The molecule has 2 rings (SSSR count). The lowest BCUT2D eigenvalue weighted by atomic mass is 10.2. The summed E-state index contributed by atoms with van der Waals surface area (Å²) in [5.74, 6) is 0. The maximum atomic E-state index is 11.9. The van der Waals surface area contributed by atoms with E-state index in [4.69, 9.17) is 16.9 Å². The molecule has 0 amide bonds. The molecule has 18 heavy (non-hydrogen) atoms. The van der Waals surface area contributed by atoms with Gasteiger partial charge < -0.3 is 0 Å². The first-order chi connectivity index (χ1) is 8.53. The Labute approximate surface area is 114 Å². The van der Waals surface area contributed by atoms with E-state index in [0.29, 0.717) is 5.56 Å². The molecule has 0 unspecified atom stereocenters. The molecule has 1 aromatic carbocycles. The molecule has 7 heteroatoms. The minimum Gasteiger partial charge on any atom is -0.277 e. The van der Waals surface area contributed by atoms with E-state index in [2.05, 4.69) is 4.72 Å². The fraction of sp³-hybridized carbons (Fsp3) is 0. The summed E-state index contributed by atoms with van der Waals surface area (Å²) in [5, 5.41) is 10.6. The zero-order chi connectivity index (χ0) is 13.2. The zero-order valence-corrected chi connectivity index (χ0v) is 11.3. The molecule has 0 aliphatic heterocycles. The molecule has 1 N–H and O–H groups in total. The molecule has 0 radical (unpaired) electrons. The van der Waals surface area contributed by atoms with Gasteiger partial charge in [-0.3, -0.25) is 4.72 Å². The van der Waals surface area contributed by atoms with E-state index in [9.17, 15) is 8.42 Å². The van der Waals surface area contributed by atoms with Crippen molar-refractivity contribution in [1.82, 2.24) is 0 Å². The first-order valence-corrected chi connectivity index (χ1v) is 7.53. The molecule has 0 saturated carbocycles. The van der Waals surface area contributed by atoms with E-state index < -0.39 is 10.0 Å². The van der Waals surface area contributed by atoms with Crippen LogP contribution >= 0.6 is 22.9 Å². The minimum absolute atomic E-state index is 0.189. The highest BCUT2D eigenvalue weighted by molar-refractivity contribution is 7.94. The molecule has 0 aliphatic carbocycles. The van der Waals surface area contributed by atoms with E-state index >= 15 is 0 Å². The zero-order valence-electron chi connectivity index (χ0n) is 8.92. The van der Waals surface area contributed by atoms with Crippen molar-refractivity contribution < 1.29 is 8.42 Å². The monoisotopic (exact) mass is 298 g/mol. The highest BCUT2D eigenvalue weighted by atomic mass is 35.5. The van der Waals surface area contributed by atoms with E-state index in [1.54, 1.807) is 11.4 Å². The SMILES string of the molecule is N#Cc1ccc(NS(=O)(=O)c2cccs2)c(Cl)c1. The molecule has 0 fully saturated rings. The number of hydrogen-bond donors (Lipinski definition) is 1. The fourth-order valence-electron chi connectivity index (χ4n) is 1.28. The van der Waals surface area contributed by atoms with Gasteiger partial charge in [0.2, 0.25) is 0 Å². The van der Waals surface area contributed by atoms with E-state index in [0.717, 1.165) is 11.3 Å². The number of nitriles is 1. The number of nitrogens with one attached hydrogen (secondary N) is 1. The number of nitrogens with zero attached hydrogens (tertiary/aromatic N) is 1. The van der Waals surface area contributed by atoms with Crippen LogP contribution in [-0.2, 0) is 10.0 Å². The molecule has 0 atom stereocenters. The van der Waals surface area contributed by atoms with Crippen molar-refractivity contribution in [1.29, 1.82) is 5.26 Å². The summed E-state index contributed by atoms with van der Waals surface area (Å²) < 4.78 is 26.5. The predicted octanol–water partition coefficient (Wildman–Crippen LogP) is 3.07. The summed E-state index contributed by atoms with van der Waals surface area (Å²) in [6.07, 6.45) is 0. The highest BCUT2D eigenvalue weighted by Crippen LogP contribution is 2.26. The standard InChI is InChI=1S/C11H7ClN2O2S2/c12-9-6-8(7-13)3-4-10(9)14-18(15,16)11-2-1-5-17-11/h1-6,14H. The second-order valence-corrected chi connectivity index (χ2v) is 6.61. The Morgan fingerprint density at radius 2 is 2.11 bits per heavy atom. The fourth-order valence-corrected chi connectivity index (χ4v) is 3.64. The van der Waals surface area contributed by atoms with Crippen molar-refractivity contribution in [3.63, 3.8) is 0 Å². The predicted molar refractivity (Wildman–Crippen MR) is 71.3 cm³/mol. The first kappa shape index (κ1) is 12.9. The third-order valence-corrected chi connectivity index (χ3v) is 5.18. The number of anilines is 1. The van der Waals surface area contributed by atoms with Gasteiger partial charge in [-0.25, -0.2) is 8.42 Å². The summed E-state index contributed by atoms with van der Waals surface area (Å²) in [6, 6.07) is 9.46. The van der Waals surface area contributed by atoms with Crippen LogP contribution in [0, 0.1) is 11.3 Å².